The van der Waals surface area contributed by atoms with Crippen LogP contribution in [0.15, 0.2) is 92.3 Å². The Morgan fingerprint density at radius 3 is 2.73 bits per heavy atom. The SMILES string of the molecule is C#CCOc1c(I)cc(Br)cc1/C=c1\sc2n(c1=O)[C@@H](c1cccc(OC)c1)C(C(=O)Nc1ccccc1)=C(C)N=2. The highest BCUT2D eigenvalue weighted by molar-refractivity contribution is 14.1. The molecule has 1 atom stereocenters. The van der Waals surface area contributed by atoms with Crippen molar-refractivity contribution in [2.45, 2.75) is 13.0 Å². The van der Waals surface area contributed by atoms with Crippen LogP contribution in [-0.2, 0) is 4.79 Å². The Morgan fingerprint density at radius 2 is 2.00 bits per heavy atom. The maximum absolute atomic E-state index is 14.1. The standard InChI is InChI=1S/C31H23BrIN3O4S/c1-4-13-40-28-20(14-21(32)17-24(28)33)16-25-30(38)36-27(19-9-8-12-23(15-19)39-3)26(18(2)34-31(36)41-25)29(37)35-22-10-6-5-7-11-22/h1,5-12,14-17,27H,13H2,2-3H3,(H,35,37)/b25-16-/t27-/m0/s1. The number of fused-ring (bicyclic) bond motifs is 1. The number of amides is 1. The summed E-state index contributed by atoms with van der Waals surface area (Å²) >= 11 is 6.96. The number of anilines is 1. The van der Waals surface area contributed by atoms with Gasteiger partial charge in [-0.25, -0.2) is 4.99 Å². The Labute approximate surface area is 262 Å². The van der Waals surface area contributed by atoms with E-state index in [1.54, 1.807) is 24.7 Å². The minimum atomic E-state index is -0.730. The second kappa shape index (κ2) is 12.5. The molecule has 0 spiro atoms. The molecule has 10 heteroatoms. The van der Waals surface area contributed by atoms with Gasteiger partial charge in [-0.3, -0.25) is 14.2 Å². The first-order valence-corrected chi connectivity index (χ1v) is 15.1. The zero-order valence-electron chi connectivity index (χ0n) is 22.0. The van der Waals surface area contributed by atoms with E-state index in [2.05, 4.69) is 49.8 Å². The lowest BCUT2D eigenvalue weighted by Crippen LogP contribution is -2.40. The van der Waals surface area contributed by atoms with E-state index in [0.717, 1.165) is 13.6 Å². The summed E-state index contributed by atoms with van der Waals surface area (Å²) in [4.78, 5) is 33.0. The van der Waals surface area contributed by atoms with E-state index in [4.69, 9.17) is 20.9 Å². The lowest BCUT2D eigenvalue weighted by molar-refractivity contribution is -0.113. The van der Waals surface area contributed by atoms with Crippen LogP contribution in [0.3, 0.4) is 0 Å². The van der Waals surface area contributed by atoms with Crippen LogP contribution in [0.1, 0.15) is 24.1 Å². The van der Waals surface area contributed by atoms with E-state index in [9.17, 15) is 9.59 Å². The third kappa shape index (κ3) is 6.02. The number of para-hydroxylation sites is 1. The van der Waals surface area contributed by atoms with Gasteiger partial charge in [-0.1, -0.05) is 63.5 Å². The van der Waals surface area contributed by atoms with E-state index in [-0.39, 0.29) is 18.1 Å². The summed E-state index contributed by atoms with van der Waals surface area (Å²) in [6, 6.07) is 19.6. The average molecular weight is 740 g/mol. The van der Waals surface area contributed by atoms with Crippen molar-refractivity contribution >= 4 is 67.5 Å². The Bertz CT molecular complexity index is 1910. The predicted octanol–water partition coefficient (Wildman–Crippen LogP) is 5.26. The summed E-state index contributed by atoms with van der Waals surface area (Å²) in [7, 11) is 1.58. The zero-order chi connectivity index (χ0) is 29.1. The molecule has 4 aromatic rings. The normalized spacial score (nSPS) is 14.6. The van der Waals surface area contributed by atoms with Crippen LogP contribution < -0.4 is 29.7 Å². The maximum atomic E-state index is 14.1. The van der Waals surface area contributed by atoms with Gasteiger partial charge in [-0.15, -0.1) is 6.42 Å². The predicted molar refractivity (Wildman–Crippen MR) is 173 cm³/mol. The molecule has 1 amide bonds. The summed E-state index contributed by atoms with van der Waals surface area (Å²) in [5, 5.41) is 2.96. The van der Waals surface area contributed by atoms with Crippen molar-refractivity contribution in [2.75, 3.05) is 19.0 Å². The summed E-state index contributed by atoms with van der Waals surface area (Å²) in [6.45, 7) is 1.88. The minimum Gasteiger partial charge on any atom is -0.497 e. The monoisotopic (exact) mass is 739 g/mol. The number of rotatable bonds is 7. The van der Waals surface area contributed by atoms with Crippen LogP contribution >= 0.6 is 49.9 Å². The molecule has 1 aromatic heterocycles. The molecular formula is C31H23BrIN3O4S. The Morgan fingerprint density at radius 1 is 1.22 bits per heavy atom. The number of carbonyl (C=O) groups is 1. The second-order valence-corrected chi connectivity index (χ2v) is 12.1. The highest BCUT2D eigenvalue weighted by Crippen LogP contribution is 2.33. The molecule has 1 N–H and O–H groups in total. The van der Waals surface area contributed by atoms with Gasteiger partial charge in [0.2, 0.25) is 0 Å². The minimum absolute atomic E-state index is 0.0919. The molecule has 0 unspecified atom stereocenters. The number of thiazole rings is 1. The van der Waals surface area contributed by atoms with Gasteiger partial charge in [0.25, 0.3) is 11.5 Å². The van der Waals surface area contributed by atoms with Crippen molar-refractivity contribution in [1.82, 2.24) is 4.57 Å². The van der Waals surface area contributed by atoms with Crippen molar-refractivity contribution in [3.05, 3.63) is 117 Å². The van der Waals surface area contributed by atoms with Gasteiger partial charge >= 0.3 is 0 Å². The van der Waals surface area contributed by atoms with E-state index in [0.29, 0.717) is 43.4 Å². The summed E-state index contributed by atoms with van der Waals surface area (Å²) in [5.41, 5.74) is 2.67. The molecule has 7 nitrogen and oxygen atoms in total. The number of carbonyl (C=O) groups excluding carboxylic acids is 1. The highest BCUT2D eigenvalue weighted by Gasteiger charge is 2.33. The third-order valence-corrected chi connectivity index (χ3v) is 8.57. The van der Waals surface area contributed by atoms with Crippen molar-refractivity contribution in [3.8, 4) is 23.8 Å². The van der Waals surface area contributed by atoms with Crippen LogP contribution in [0.2, 0.25) is 0 Å². The van der Waals surface area contributed by atoms with Crippen LogP contribution in [0, 0.1) is 15.9 Å². The van der Waals surface area contributed by atoms with Crippen molar-refractivity contribution in [1.29, 1.82) is 0 Å². The number of halogens is 2. The molecule has 41 heavy (non-hydrogen) atoms. The molecule has 5 rings (SSSR count). The number of methoxy groups -OCH3 is 1. The molecule has 2 heterocycles. The molecule has 0 aliphatic carbocycles. The zero-order valence-corrected chi connectivity index (χ0v) is 26.5. The fraction of sp³-hybridized carbons (Fsp3) is 0.129. The third-order valence-electron chi connectivity index (χ3n) is 6.33. The largest absolute Gasteiger partial charge is 0.497 e. The lowest BCUT2D eigenvalue weighted by atomic mass is 9.95. The molecule has 0 saturated heterocycles. The van der Waals surface area contributed by atoms with Gasteiger partial charge in [-0.05, 0) is 77.6 Å². The number of allylic oxidation sites excluding steroid dienone is 1. The molecular weight excluding hydrogens is 717 g/mol. The number of terminal acetylenes is 1. The van der Waals surface area contributed by atoms with Gasteiger partial charge in [0.05, 0.1) is 32.5 Å². The van der Waals surface area contributed by atoms with Crippen LogP contribution in [0.25, 0.3) is 6.08 Å². The number of ether oxygens (including phenoxy) is 2. The molecule has 1 aliphatic rings. The molecule has 1 aliphatic heterocycles. The van der Waals surface area contributed by atoms with Gasteiger partial charge in [0.1, 0.15) is 18.1 Å². The van der Waals surface area contributed by atoms with Gasteiger partial charge in [0, 0.05) is 15.7 Å². The van der Waals surface area contributed by atoms with E-state index in [1.165, 1.54) is 11.3 Å². The number of benzene rings is 3. The summed E-state index contributed by atoms with van der Waals surface area (Å²) < 4.78 is 15.0. The smallest absolute Gasteiger partial charge is 0.271 e. The number of aromatic nitrogens is 1. The first-order chi connectivity index (χ1) is 19.8. The Hall–Kier alpha value is -3.66. The summed E-state index contributed by atoms with van der Waals surface area (Å²) in [6.07, 6.45) is 7.20. The molecule has 206 valence electrons. The van der Waals surface area contributed by atoms with E-state index >= 15 is 0 Å². The van der Waals surface area contributed by atoms with Crippen LogP contribution in [-0.4, -0.2) is 24.2 Å². The molecule has 0 fully saturated rings. The number of nitrogens with zero attached hydrogens (tertiary/aromatic N) is 2. The number of nitrogens with one attached hydrogen (secondary N) is 1. The molecule has 0 saturated carbocycles. The second-order valence-electron chi connectivity index (χ2n) is 8.98. The van der Waals surface area contributed by atoms with Crippen molar-refractivity contribution in [2.24, 2.45) is 4.99 Å². The van der Waals surface area contributed by atoms with Crippen LogP contribution in [0.5, 0.6) is 11.5 Å². The van der Waals surface area contributed by atoms with Gasteiger partial charge in [0.15, 0.2) is 4.80 Å². The average Bonchev–Trinajstić information content (AvgIpc) is 3.26. The van der Waals surface area contributed by atoms with Gasteiger partial charge < -0.3 is 14.8 Å². The number of hydrogen-bond acceptors (Lipinski definition) is 6. The van der Waals surface area contributed by atoms with Gasteiger partial charge in [-0.2, -0.15) is 0 Å². The van der Waals surface area contributed by atoms with Crippen molar-refractivity contribution in [3.63, 3.8) is 0 Å². The summed E-state index contributed by atoms with van der Waals surface area (Å²) in [5.74, 6) is 3.34. The van der Waals surface area contributed by atoms with Crippen molar-refractivity contribution < 1.29 is 14.3 Å². The first kappa shape index (κ1) is 28.9. The lowest BCUT2D eigenvalue weighted by Gasteiger charge is -2.25. The van der Waals surface area contributed by atoms with Crippen LogP contribution in [0.4, 0.5) is 5.69 Å². The van der Waals surface area contributed by atoms with E-state index in [1.807, 2.05) is 66.7 Å². The van der Waals surface area contributed by atoms with E-state index < -0.39 is 6.04 Å². The maximum Gasteiger partial charge on any atom is 0.271 e. The quantitative estimate of drug-likeness (QED) is 0.207. The molecule has 3 aromatic carbocycles. The molecule has 0 bridgehead atoms. The Kier molecular flexibility index (Phi) is 8.77. The Balaban J connectivity index is 1.70. The fourth-order valence-electron chi connectivity index (χ4n) is 4.55. The number of hydrogen-bond donors (Lipinski definition) is 1. The fourth-order valence-corrected chi connectivity index (χ4v) is 7.30. The first-order valence-electron chi connectivity index (χ1n) is 12.4. The topological polar surface area (TPSA) is 81.9 Å². The highest BCUT2D eigenvalue weighted by atomic mass is 127. The molecule has 0 radical (unpaired) electrons.